The third-order valence-electron chi connectivity index (χ3n) is 1.47. The zero-order valence-corrected chi connectivity index (χ0v) is 6.50. The first-order chi connectivity index (χ1) is 4.86. The van der Waals surface area contributed by atoms with Gasteiger partial charge in [0.05, 0.1) is 13.2 Å². The van der Waals surface area contributed by atoms with E-state index in [1.165, 1.54) is 0 Å². The van der Waals surface area contributed by atoms with Gasteiger partial charge in [0.25, 0.3) is 0 Å². The van der Waals surface area contributed by atoms with E-state index in [2.05, 4.69) is 0 Å². The van der Waals surface area contributed by atoms with E-state index in [4.69, 9.17) is 14.2 Å². The SMILES string of the molecule is CCC(OC)OCC1CO1. The Morgan fingerprint density at radius 2 is 2.40 bits per heavy atom. The fourth-order valence-corrected chi connectivity index (χ4v) is 0.731. The number of rotatable bonds is 5. The van der Waals surface area contributed by atoms with Gasteiger partial charge in [0.15, 0.2) is 6.29 Å². The van der Waals surface area contributed by atoms with Crippen LogP contribution in [0.1, 0.15) is 13.3 Å². The lowest BCUT2D eigenvalue weighted by atomic mass is 10.4. The van der Waals surface area contributed by atoms with E-state index < -0.39 is 0 Å². The average Bonchev–Trinajstić information content (AvgIpc) is 2.74. The molecule has 0 bridgehead atoms. The van der Waals surface area contributed by atoms with Gasteiger partial charge in [-0.1, -0.05) is 6.92 Å². The number of methoxy groups -OCH3 is 1. The van der Waals surface area contributed by atoms with Crippen LogP contribution in [0.4, 0.5) is 0 Å². The maximum atomic E-state index is 5.32. The van der Waals surface area contributed by atoms with Gasteiger partial charge in [0.1, 0.15) is 6.10 Å². The predicted molar refractivity (Wildman–Crippen MR) is 36.8 cm³/mol. The minimum atomic E-state index is -0.0517. The van der Waals surface area contributed by atoms with E-state index in [9.17, 15) is 0 Å². The van der Waals surface area contributed by atoms with Crippen LogP contribution in [0.2, 0.25) is 0 Å². The summed E-state index contributed by atoms with van der Waals surface area (Å²) in [6.07, 6.45) is 1.18. The fourth-order valence-electron chi connectivity index (χ4n) is 0.731. The molecule has 3 heteroatoms. The van der Waals surface area contributed by atoms with Crippen LogP contribution >= 0.6 is 0 Å². The van der Waals surface area contributed by atoms with Crippen LogP contribution in [-0.4, -0.2) is 32.7 Å². The molecule has 1 heterocycles. The molecular formula is C7H14O3. The molecule has 2 unspecified atom stereocenters. The van der Waals surface area contributed by atoms with Gasteiger partial charge in [-0.25, -0.2) is 0 Å². The van der Waals surface area contributed by atoms with Gasteiger partial charge < -0.3 is 14.2 Å². The first-order valence-corrected chi connectivity index (χ1v) is 3.62. The van der Waals surface area contributed by atoms with E-state index in [0.29, 0.717) is 12.7 Å². The quantitative estimate of drug-likeness (QED) is 0.424. The summed E-state index contributed by atoms with van der Waals surface area (Å²) in [4.78, 5) is 0. The molecule has 0 saturated carbocycles. The zero-order valence-electron chi connectivity index (χ0n) is 6.50. The Labute approximate surface area is 61.3 Å². The first-order valence-electron chi connectivity index (χ1n) is 3.62. The van der Waals surface area contributed by atoms with E-state index in [-0.39, 0.29) is 6.29 Å². The fraction of sp³-hybridized carbons (Fsp3) is 1.00. The third kappa shape index (κ3) is 2.64. The molecule has 1 rings (SSSR count). The van der Waals surface area contributed by atoms with Crippen molar-refractivity contribution in [2.45, 2.75) is 25.7 Å². The van der Waals surface area contributed by atoms with Crippen molar-refractivity contribution >= 4 is 0 Å². The molecule has 0 amide bonds. The molecular weight excluding hydrogens is 132 g/mol. The highest BCUT2D eigenvalue weighted by molar-refractivity contribution is 4.67. The molecule has 0 aliphatic carbocycles. The largest absolute Gasteiger partial charge is 0.371 e. The molecule has 1 saturated heterocycles. The molecule has 60 valence electrons. The second-order valence-electron chi connectivity index (χ2n) is 2.36. The van der Waals surface area contributed by atoms with Crippen molar-refractivity contribution in [3.63, 3.8) is 0 Å². The van der Waals surface area contributed by atoms with Gasteiger partial charge in [0.2, 0.25) is 0 Å². The highest BCUT2D eigenvalue weighted by atomic mass is 16.7. The minimum Gasteiger partial charge on any atom is -0.371 e. The first kappa shape index (κ1) is 7.98. The third-order valence-corrected chi connectivity index (χ3v) is 1.47. The molecule has 3 nitrogen and oxygen atoms in total. The number of hydrogen-bond acceptors (Lipinski definition) is 3. The summed E-state index contributed by atoms with van der Waals surface area (Å²) < 4.78 is 15.3. The summed E-state index contributed by atoms with van der Waals surface area (Å²) in [5.74, 6) is 0. The topological polar surface area (TPSA) is 31.0 Å². The van der Waals surface area contributed by atoms with Gasteiger partial charge in [-0.15, -0.1) is 0 Å². The standard InChI is InChI=1S/C7H14O3/c1-3-7(8-2)10-5-6-4-9-6/h6-7H,3-5H2,1-2H3. The van der Waals surface area contributed by atoms with E-state index >= 15 is 0 Å². The van der Waals surface area contributed by atoms with Crippen LogP contribution in [-0.2, 0) is 14.2 Å². The monoisotopic (exact) mass is 146 g/mol. The van der Waals surface area contributed by atoms with E-state index in [1.807, 2.05) is 6.92 Å². The molecule has 1 fully saturated rings. The Hall–Kier alpha value is -0.120. The van der Waals surface area contributed by atoms with Crippen molar-refractivity contribution < 1.29 is 14.2 Å². The summed E-state index contributed by atoms with van der Waals surface area (Å²) in [7, 11) is 1.65. The van der Waals surface area contributed by atoms with Gasteiger partial charge in [-0.05, 0) is 6.42 Å². The van der Waals surface area contributed by atoms with Crippen LogP contribution in [0.25, 0.3) is 0 Å². The van der Waals surface area contributed by atoms with Crippen LogP contribution in [0.15, 0.2) is 0 Å². The molecule has 0 radical (unpaired) electrons. The normalized spacial score (nSPS) is 26.4. The van der Waals surface area contributed by atoms with Crippen LogP contribution < -0.4 is 0 Å². The second kappa shape index (κ2) is 3.91. The number of ether oxygens (including phenoxy) is 3. The summed E-state index contributed by atoms with van der Waals surface area (Å²) >= 11 is 0. The molecule has 0 aromatic carbocycles. The lowest BCUT2D eigenvalue weighted by Crippen LogP contribution is -2.16. The van der Waals surface area contributed by atoms with Crippen molar-refractivity contribution in [3.05, 3.63) is 0 Å². The maximum absolute atomic E-state index is 5.32. The molecule has 0 spiro atoms. The van der Waals surface area contributed by atoms with Crippen molar-refractivity contribution in [2.24, 2.45) is 0 Å². The number of epoxide rings is 1. The Morgan fingerprint density at radius 3 is 2.80 bits per heavy atom. The van der Waals surface area contributed by atoms with Crippen molar-refractivity contribution in [1.29, 1.82) is 0 Å². The van der Waals surface area contributed by atoms with Crippen molar-refractivity contribution in [1.82, 2.24) is 0 Å². The molecule has 10 heavy (non-hydrogen) atoms. The van der Waals surface area contributed by atoms with Gasteiger partial charge in [0, 0.05) is 7.11 Å². The van der Waals surface area contributed by atoms with Gasteiger partial charge in [-0.3, -0.25) is 0 Å². The van der Waals surface area contributed by atoms with Crippen LogP contribution in [0.5, 0.6) is 0 Å². The summed E-state index contributed by atoms with van der Waals surface area (Å²) in [6.45, 7) is 3.55. The molecule has 1 aliphatic heterocycles. The van der Waals surface area contributed by atoms with Crippen molar-refractivity contribution in [3.8, 4) is 0 Å². The van der Waals surface area contributed by atoms with E-state index in [1.54, 1.807) is 7.11 Å². The molecule has 2 atom stereocenters. The lowest BCUT2D eigenvalue weighted by Gasteiger charge is -2.12. The van der Waals surface area contributed by atoms with Gasteiger partial charge >= 0.3 is 0 Å². The number of hydrogen-bond donors (Lipinski definition) is 0. The highest BCUT2D eigenvalue weighted by Gasteiger charge is 2.23. The molecule has 1 aliphatic rings. The average molecular weight is 146 g/mol. The van der Waals surface area contributed by atoms with Crippen LogP contribution in [0, 0.1) is 0 Å². The van der Waals surface area contributed by atoms with Crippen LogP contribution in [0.3, 0.4) is 0 Å². The van der Waals surface area contributed by atoms with Crippen molar-refractivity contribution in [2.75, 3.05) is 20.3 Å². The molecule has 0 aromatic rings. The Balaban J connectivity index is 1.97. The highest BCUT2D eigenvalue weighted by Crippen LogP contribution is 2.10. The Kier molecular flexibility index (Phi) is 3.12. The Morgan fingerprint density at radius 1 is 1.70 bits per heavy atom. The van der Waals surface area contributed by atoms with Gasteiger partial charge in [-0.2, -0.15) is 0 Å². The molecule has 0 aromatic heterocycles. The smallest absolute Gasteiger partial charge is 0.157 e. The van der Waals surface area contributed by atoms with E-state index in [0.717, 1.165) is 13.0 Å². The summed E-state index contributed by atoms with van der Waals surface area (Å²) in [6, 6.07) is 0. The summed E-state index contributed by atoms with van der Waals surface area (Å²) in [5.41, 5.74) is 0. The minimum absolute atomic E-state index is 0.0517. The lowest BCUT2D eigenvalue weighted by molar-refractivity contribution is -0.127. The Bertz CT molecular complexity index is 86.9. The second-order valence-corrected chi connectivity index (χ2v) is 2.36. The maximum Gasteiger partial charge on any atom is 0.157 e. The zero-order chi connectivity index (χ0) is 7.40. The predicted octanol–water partition coefficient (Wildman–Crippen LogP) is 0.784. The molecule has 0 N–H and O–H groups in total. The summed E-state index contributed by atoms with van der Waals surface area (Å²) in [5, 5.41) is 0.